The zero-order valence-electron chi connectivity index (χ0n) is 17.4. The fourth-order valence-electron chi connectivity index (χ4n) is 3.83. The van der Waals surface area contributed by atoms with Crippen LogP contribution >= 0.6 is 0 Å². The summed E-state index contributed by atoms with van der Waals surface area (Å²) in [6.07, 6.45) is 0.752. The fraction of sp³-hybridized carbons (Fsp3) is 0.115. The molecule has 2 aromatic heterocycles. The van der Waals surface area contributed by atoms with Crippen molar-refractivity contribution in [1.82, 2.24) is 14.5 Å². The van der Waals surface area contributed by atoms with Gasteiger partial charge in [-0.3, -0.25) is 0 Å². The van der Waals surface area contributed by atoms with Crippen LogP contribution in [0.4, 0.5) is 5.82 Å². The first kappa shape index (κ1) is 19.8. The van der Waals surface area contributed by atoms with E-state index in [2.05, 4.69) is 12.1 Å². The third-order valence-electron chi connectivity index (χ3n) is 5.48. The predicted octanol–water partition coefficient (Wildman–Crippen LogP) is 4.77. The summed E-state index contributed by atoms with van der Waals surface area (Å²) in [5, 5.41) is 0. The lowest BCUT2D eigenvalue weighted by atomic mass is 10.1. The molecule has 0 aliphatic heterocycles. The molecule has 0 atom stereocenters. The Morgan fingerprint density at radius 1 is 0.812 bits per heavy atom. The standard InChI is InChI=1S/C26H22N4O2/c27-24-22(26(31)32-17-19-11-5-2-6-12-19)23-25(29-21-14-8-7-13-20(21)28-23)30(24)16-15-18-9-3-1-4-10-18/h1-14H,15-17,27H2. The van der Waals surface area contributed by atoms with Crippen LogP contribution in [0.5, 0.6) is 0 Å². The first-order valence-corrected chi connectivity index (χ1v) is 10.5. The molecule has 0 saturated carbocycles. The Balaban J connectivity index is 1.55. The second-order valence-electron chi connectivity index (χ2n) is 7.59. The molecular formula is C26H22N4O2. The van der Waals surface area contributed by atoms with Gasteiger partial charge in [-0.05, 0) is 29.7 Å². The Bertz CT molecular complexity index is 1400. The number of carbonyl (C=O) groups is 1. The van der Waals surface area contributed by atoms with Crippen LogP contribution in [0, 0.1) is 0 Å². The molecule has 3 aromatic carbocycles. The van der Waals surface area contributed by atoms with Crippen LogP contribution in [-0.2, 0) is 24.3 Å². The number of rotatable bonds is 6. The first-order valence-electron chi connectivity index (χ1n) is 10.5. The van der Waals surface area contributed by atoms with E-state index in [0.29, 0.717) is 29.0 Å². The summed E-state index contributed by atoms with van der Waals surface area (Å²) in [5.74, 6) is -0.177. The molecule has 5 rings (SSSR count). The number of hydrogen-bond acceptors (Lipinski definition) is 5. The van der Waals surface area contributed by atoms with Crippen LogP contribution in [0.15, 0.2) is 84.9 Å². The first-order chi connectivity index (χ1) is 15.7. The third-order valence-corrected chi connectivity index (χ3v) is 5.48. The van der Waals surface area contributed by atoms with Crippen molar-refractivity contribution in [3.8, 4) is 0 Å². The monoisotopic (exact) mass is 422 g/mol. The lowest BCUT2D eigenvalue weighted by Crippen LogP contribution is -2.11. The van der Waals surface area contributed by atoms with Crippen LogP contribution in [0.3, 0.4) is 0 Å². The highest BCUT2D eigenvalue weighted by Gasteiger charge is 2.25. The Hall–Kier alpha value is -4.19. The average Bonchev–Trinajstić information content (AvgIpc) is 3.11. The molecule has 0 aliphatic rings. The number of carbonyl (C=O) groups excluding carboxylic acids is 1. The molecule has 0 unspecified atom stereocenters. The summed E-state index contributed by atoms with van der Waals surface area (Å²) in [4.78, 5) is 22.6. The fourth-order valence-corrected chi connectivity index (χ4v) is 3.83. The molecule has 0 radical (unpaired) electrons. The summed E-state index contributed by atoms with van der Waals surface area (Å²) < 4.78 is 7.45. The van der Waals surface area contributed by atoms with E-state index < -0.39 is 5.97 Å². The Morgan fingerprint density at radius 2 is 1.41 bits per heavy atom. The van der Waals surface area contributed by atoms with Crippen LogP contribution < -0.4 is 5.73 Å². The number of fused-ring (bicyclic) bond motifs is 2. The molecule has 0 aliphatic carbocycles. The zero-order valence-corrected chi connectivity index (χ0v) is 17.4. The molecule has 2 heterocycles. The predicted molar refractivity (Wildman–Crippen MR) is 125 cm³/mol. The highest BCUT2D eigenvalue weighted by Crippen LogP contribution is 2.29. The van der Waals surface area contributed by atoms with E-state index in [1.165, 1.54) is 5.56 Å². The van der Waals surface area contributed by atoms with E-state index in [9.17, 15) is 4.79 Å². The van der Waals surface area contributed by atoms with Gasteiger partial charge >= 0.3 is 5.97 Å². The number of anilines is 1. The van der Waals surface area contributed by atoms with Gasteiger partial charge in [-0.1, -0.05) is 72.8 Å². The van der Waals surface area contributed by atoms with Crippen molar-refractivity contribution in [1.29, 1.82) is 0 Å². The number of benzene rings is 3. The Morgan fingerprint density at radius 3 is 2.09 bits per heavy atom. The van der Waals surface area contributed by atoms with Gasteiger partial charge < -0.3 is 15.0 Å². The molecule has 2 N–H and O–H groups in total. The van der Waals surface area contributed by atoms with Gasteiger partial charge in [0.25, 0.3) is 0 Å². The van der Waals surface area contributed by atoms with Crippen molar-refractivity contribution in [2.75, 3.05) is 5.73 Å². The molecule has 6 nitrogen and oxygen atoms in total. The topological polar surface area (TPSA) is 83.0 Å². The van der Waals surface area contributed by atoms with Crippen molar-refractivity contribution >= 4 is 34.0 Å². The second-order valence-corrected chi connectivity index (χ2v) is 7.59. The SMILES string of the molecule is Nc1c(C(=O)OCc2ccccc2)c2nc3ccccc3nc2n1CCc1ccccc1. The lowest BCUT2D eigenvalue weighted by molar-refractivity contribution is 0.0476. The Labute approximate surface area is 185 Å². The highest BCUT2D eigenvalue weighted by atomic mass is 16.5. The van der Waals surface area contributed by atoms with Crippen LogP contribution in [0.25, 0.3) is 22.2 Å². The van der Waals surface area contributed by atoms with Crippen molar-refractivity contribution in [2.24, 2.45) is 0 Å². The highest BCUT2D eigenvalue weighted by molar-refractivity contribution is 6.08. The van der Waals surface area contributed by atoms with E-state index in [1.807, 2.05) is 77.4 Å². The number of para-hydroxylation sites is 2. The minimum absolute atomic E-state index is 0.164. The maximum absolute atomic E-state index is 13.1. The smallest absolute Gasteiger partial charge is 0.344 e. The van der Waals surface area contributed by atoms with Crippen LogP contribution in [0.2, 0.25) is 0 Å². The van der Waals surface area contributed by atoms with Gasteiger partial charge in [0.05, 0.1) is 11.0 Å². The molecule has 32 heavy (non-hydrogen) atoms. The number of aromatic nitrogens is 3. The molecule has 5 aromatic rings. The van der Waals surface area contributed by atoms with Gasteiger partial charge in [0, 0.05) is 6.54 Å². The van der Waals surface area contributed by atoms with Gasteiger partial charge in [0.2, 0.25) is 0 Å². The molecule has 0 fully saturated rings. The summed E-state index contributed by atoms with van der Waals surface area (Å²) >= 11 is 0. The number of nitrogens with zero attached hydrogens (tertiary/aromatic N) is 3. The quantitative estimate of drug-likeness (QED) is 0.399. The van der Waals surface area contributed by atoms with Crippen LogP contribution in [0.1, 0.15) is 21.5 Å². The zero-order chi connectivity index (χ0) is 21.9. The minimum Gasteiger partial charge on any atom is -0.457 e. The number of nitrogen functional groups attached to an aromatic ring is 1. The molecule has 0 bridgehead atoms. The number of nitrogens with two attached hydrogens (primary N) is 1. The normalized spacial score (nSPS) is 11.1. The number of ether oxygens (including phenoxy) is 1. The van der Waals surface area contributed by atoms with E-state index >= 15 is 0 Å². The van der Waals surface area contributed by atoms with Gasteiger partial charge in [-0.25, -0.2) is 14.8 Å². The van der Waals surface area contributed by atoms with E-state index in [4.69, 9.17) is 20.4 Å². The Kier molecular flexibility index (Phi) is 5.25. The maximum atomic E-state index is 13.1. The number of aryl methyl sites for hydroxylation is 2. The second kappa shape index (κ2) is 8.51. The number of hydrogen-bond donors (Lipinski definition) is 1. The lowest BCUT2D eigenvalue weighted by Gasteiger charge is -2.08. The van der Waals surface area contributed by atoms with E-state index in [-0.39, 0.29) is 12.2 Å². The van der Waals surface area contributed by atoms with Gasteiger partial charge in [0.15, 0.2) is 5.65 Å². The third kappa shape index (κ3) is 3.78. The summed E-state index contributed by atoms with van der Waals surface area (Å²) in [7, 11) is 0. The van der Waals surface area contributed by atoms with Crippen molar-refractivity contribution < 1.29 is 9.53 Å². The number of esters is 1. The van der Waals surface area contributed by atoms with Crippen molar-refractivity contribution in [3.05, 3.63) is 102 Å². The maximum Gasteiger partial charge on any atom is 0.344 e. The van der Waals surface area contributed by atoms with Crippen LogP contribution in [-0.4, -0.2) is 20.5 Å². The summed E-state index contributed by atoms with van der Waals surface area (Å²) in [6.45, 7) is 0.738. The average molecular weight is 422 g/mol. The molecule has 158 valence electrons. The van der Waals surface area contributed by atoms with Crippen molar-refractivity contribution in [2.45, 2.75) is 19.6 Å². The van der Waals surface area contributed by atoms with E-state index in [0.717, 1.165) is 17.5 Å². The van der Waals surface area contributed by atoms with Gasteiger partial charge in [-0.2, -0.15) is 0 Å². The largest absolute Gasteiger partial charge is 0.457 e. The molecule has 0 saturated heterocycles. The van der Waals surface area contributed by atoms with E-state index in [1.54, 1.807) is 0 Å². The summed E-state index contributed by atoms with van der Waals surface area (Å²) in [5.41, 5.74) is 11.4. The van der Waals surface area contributed by atoms with Crippen molar-refractivity contribution in [3.63, 3.8) is 0 Å². The molecular weight excluding hydrogens is 400 g/mol. The summed E-state index contributed by atoms with van der Waals surface area (Å²) in [6, 6.07) is 27.3. The van der Waals surface area contributed by atoms with Gasteiger partial charge in [0.1, 0.15) is 23.5 Å². The molecule has 0 spiro atoms. The van der Waals surface area contributed by atoms with Gasteiger partial charge in [-0.15, -0.1) is 0 Å². The molecule has 0 amide bonds. The minimum atomic E-state index is -0.501. The molecule has 6 heteroatoms.